The lowest BCUT2D eigenvalue weighted by molar-refractivity contribution is 0.181. The van der Waals surface area contributed by atoms with Gasteiger partial charge in [-0.1, -0.05) is 0 Å². The summed E-state index contributed by atoms with van der Waals surface area (Å²) in [5.41, 5.74) is 7.05. The van der Waals surface area contributed by atoms with Gasteiger partial charge in [-0.05, 0) is 24.6 Å². The molecule has 6 nitrogen and oxygen atoms in total. The molecule has 3 N–H and O–H groups in total. The first-order valence-corrected chi connectivity index (χ1v) is 7.86. The van der Waals surface area contributed by atoms with Crippen LogP contribution in [0, 0.1) is 0 Å². The zero-order chi connectivity index (χ0) is 14.3. The van der Waals surface area contributed by atoms with Crippen molar-refractivity contribution in [3.63, 3.8) is 0 Å². The van der Waals surface area contributed by atoms with E-state index in [-0.39, 0.29) is 10.9 Å². The quantitative estimate of drug-likeness (QED) is 0.832. The van der Waals surface area contributed by atoms with Gasteiger partial charge in [0.2, 0.25) is 10.0 Å². The molecule has 0 spiro atoms. The second kappa shape index (κ2) is 4.76. The minimum atomic E-state index is -3.56. The second-order valence-corrected chi connectivity index (χ2v) is 6.96. The normalized spacial score (nSPS) is 20.0. The molecule has 0 bridgehead atoms. The van der Waals surface area contributed by atoms with Crippen LogP contribution >= 0.6 is 0 Å². The number of benzene rings is 1. The Morgan fingerprint density at radius 1 is 1.45 bits per heavy atom. The number of fused-ring (bicyclic) bond motifs is 1. The molecule has 0 radical (unpaired) electrons. The average molecular weight is 295 g/mol. The predicted octanol–water partition coefficient (Wildman–Crippen LogP) is 1.16. The number of rotatable bonds is 3. The summed E-state index contributed by atoms with van der Waals surface area (Å²) in [6.07, 6.45) is 2.24. The zero-order valence-electron chi connectivity index (χ0n) is 11.2. The van der Waals surface area contributed by atoms with Crippen molar-refractivity contribution in [3.8, 4) is 0 Å². The Bertz CT molecular complexity index is 732. The van der Waals surface area contributed by atoms with Gasteiger partial charge in [-0.2, -0.15) is 4.31 Å². The van der Waals surface area contributed by atoms with Crippen molar-refractivity contribution in [3.05, 3.63) is 24.4 Å². The molecule has 2 aromatic rings. The SMILES string of the molecule is CN(C1CCOC1)S(=O)(=O)c1c[nH]c2ccc(N)cc12. The van der Waals surface area contributed by atoms with Crippen LogP contribution in [0.5, 0.6) is 0 Å². The third-order valence-electron chi connectivity index (χ3n) is 3.74. The summed E-state index contributed by atoms with van der Waals surface area (Å²) in [5, 5.41) is 0.621. The molecule has 1 atom stereocenters. The number of aromatic amines is 1. The van der Waals surface area contributed by atoms with Crippen LogP contribution in [0.3, 0.4) is 0 Å². The molecule has 7 heteroatoms. The molecule has 20 heavy (non-hydrogen) atoms. The maximum atomic E-state index is 12.7. The van der Waals surface area contributed by atoms with Crippen LogP contribution in [0.15, 0.2) is 29.3 Å². The molecular weight excluding hydrogens is 278 g/mol. The van der Waals surface area contributed by atoms with Gasteiger partial charge in [0.1, 0.15) is 4.90 Å². The highest BCUT2D eigenvalue weighted by Crippen LogP contribution is 2.28. The number of likely N-dealkylation sites (N-methyl/N-ethyl adjacent to an activating group) is 1. The predicted molar refractivity (Wildman–Crippen MR) is 76.9 cm³/mol. The topological polar surface area (TPSA) is 88.4 Å². The molecule has 1 fully saturated rings. The van der Waals surface area contributed by atoms with E-state index in [0.717, 1.165) is 11.9 Å². The Morgan fingerprint density at radius 2 is 2.25 bits per heavy atom. The highest BCUT2D eigenvalue weighted by Gasteiger charge is 2.32. The number of nitrogens with zero attached hydrogens (tertiary/aromatic N) is 1. The standard InChI is InChI=1S/C13H17N3O3S/c1-16(10-4-5-19-8-10)20(17,18)13-7-15-12-3-2-9(14)6-11(12)13/h2-3,6-7,10,15H,4-5,8,14H2,1H3. The van der Waals surface area contributed by atoms with Crippen molar-refractivity contribution in [2.24, 2.45) is 0 Å². The molecular formula is C13H17N3O3S. The van der Waals surface area contributed by atoms with E-state index in [9.17, 15) is 8.42 Å². The summed E-state index contributed by atoms with van der Waals surface area (Å²) in [4.78, 5) is 3.23. The van der Waals surface area contributed by atoms with Gasteiger partial charge >= 0.3 is 0 Å². The molecule has 0 amide bonds. The molecule has 1 aromatic heterocycles. The van der Waals surface area contributed by atoms with E-state index < -0.39 is 10.0 Å². The number of ether oxygens (including phenoxy) is 1. The van der Waals surface area contributed by atoms with Crippen LogP contribution in [0.2, 0.25) is 0 Å². The largest absolute Gasteiger partial charge is 0.399 e. The van der Waals surface area contributed by atoms with Crippen molar-refractivity contribution in [1.82, 2.24) is 9.29 Å². The summed E-state index contributed by atoms with van der Waals surface area (Å²) in [6, 6.07) is 5.09. The van der Waals surface area contributed by atoms with Crippen molar-refractivity contribution in [2.75, 3.05) is 26.0 Å². The number of nitrogens with one attached hydrogen (secondary N) is 1. The molecule has 1 saturated heterocycles. The number of H-pyrrole nitrogens is 1. The highest BCUT2D eigenvalue weighted by atomic mass is 32.2. The minimum Gasteiger partial charge on any atom is -0.399 e. The van der Waals surface area contributed by atoms with Crippen LogP contribution in [0.1, 0.15) is 6.42 Å². The fourth-order valence-electron chi connectivity index (χ4n) is 2.49. The van der Waals surface area contributed by atoms with Gasteiger partial charge < -0.3 is 15.5 Å². The lowest BCUT2D eigenvalue weighted by Crippen LogP contribution is -2.37. The van der Waals surface area contributed by atoms with Gasteiger partial charge in [0.25, 0.3) is 0 Å². The van der Waals surface area contributed by atoms with Crippen molar-refractivity contribution in [1.29, 1.82) is 0 Å². The molecule has 1 aromatic carbocycles. The van der Waals surface area contributed by atoms with Gasteiger partial charge in [-0.3, -0.25) is 0 Å². The molecule has 3 rings (SSSR count). The Hall–Kier alpha value is -1.57. The van der Waals surface area contributed by atoms with E-state index in [1.165, 1.54) is 10.5 Å². The average Bonchev–Trinajstić information content (AvgIpc) is 3.06. The van der Waals surface area contributed by atoms with Crippen molar-refractivity contribution in [2.45, 2.75) is 17.4 Å². The maximum absolute atomic E-state index is 12.7. The molecule has 1 unspecified atom stereocenters. The smallest absolute Gasteiger partial charge is 0.245 e. The maximum Gasteiger partial charge on any atom is 0.245 e. The van der Waals surface area contributed by atoms with E-state index in [4.69, 9.17) is 10.5 Å². The Balaban J connectivity index is 2.06. The van der Waals surface area contributed by atoms with Crippen LogP contribution in [-0.2, 0) is 14.8 Å². The van der Waals surface area contributed by atoms with E-state index in [2.05, 4.69) is 4.98 Å². The summed E-state index contributed by atoms with van der Waals surface area (Å²) in [7, 11) is -1.96. The van der Waals surface area contributed by atoms with Gasteiger partial charge in [-0.15, -0.1) is 0 Å². The Labute approximate surface area is 117 Å². The summed E-state index contributed by atoms with van der Waals surface area (Å²) >= 11 is 0. The molecule has 0 aliphatic carbocycles. The van der Waals surface area contributed by atoms with Gasteiger partial charge in [-0.25, -0.2) is 8.42 Å². The van der Waals surface area contributed by atoms with E-state index >= 15 is 0 Å². The summed E-state index contributed by atoms with van der Waals surface area (Å²) in [6.45, 7) is 1.05. The molecule has 1 aliphatic heterocycles. The Kier molecular flexibility index (Phi) is 3.19. The van der Waals surface area contributed by atoms with E-state index in [0.29, 0.717) is 24.3 Å². The fraction of sp³-hybridized carbons (Fsp3) is 0.385. The first kappa shape index (κ1) is 13.4. The summed E-state index contributed by atoms with van der Waals surface area (Å²) < 4.78 is 32.1. The minimum absolute atomic E-state index is 0.106. The van der Waals surface area contributed by atoms with Gasteiger partial charge in [0.05, 0.1) is 12.6 Å². The van der Waals surface area contributed by atoms with Crippen molar-refractivity contribution < 1.29 is 13.2 Å². The summed E-state index contributed by atoms with van der Waals surface area (Å²) in [5.74, 6) is 0. The molecule has 108 valence electrons. The van der Waals surface area contributed by atoms with Gasteiger partial charge in [0, 0.05) is 36.4 Å². The first-order valence-electron chi connectivity index (χ1n) is 6.42. The highest BCUT2D eigenvalue weighted by molar-refractivity contribution is 7.89. The van der Waals surface area contributed by atoms with E-state index in [1.54, 1.807) is 25.2 Å². The lowest BCUT2D eigenvalue weighted by atomic mass is 10.2. The molecule has 0 saturated carbocycles. The fourth-order valence-corrected chi connectivity index (χ4v) is 4.01. The Morgan fingerprint density at radius 3 is 2.95 bits per heavy atom. The number of nitrogen functional groups attached to an aromatic ring is 1. The molecule has 2 heterocycles. The molecule has 1 aliphatic rings. The number of anilines is 1. The monoisotopic (exact) mass is 295 g/mol. The van der Waals surface area contributed by atoms with E-state index in [1.807, 2.05) is 0 Å². The number of nitrogens with two attached hydrogens (primary N) is 1. The number of sulfonamides is 1. The zero-order valence-corrected chi connectivity index (χ0v) is 12.0. The van der Waals surface area contributed by atoms with Crippen LogP contribution in [-0.4, -0.2) is 44.0 Å². The number of hydrogen-bond acceptors (Lipinski definition) is 4. The van der Waals surface area contributed by atoms with Crippen LogP contribution in [0.25, 0.3) is 10.9 Å². The number of hydrogen-bond donors (Lipinski definition) is 2. The first-order chi connectivity index (χ1) is 9.50. The van der Waals surface area contributed by atoms with Crippen LogP contribution < -0.4 is 5.73 Å². The lowest BCUT2D eigenvalue weighted by Gasteiger charge is -2.22. The van der Waals surface area contributed by atoms with Gasteiger partial charge in [0.15, 0.2) is 0 Å². The van der Waals surface area contributed by atoms with Crippen LogP contribution in [0.4, 0.5) is 5.69 Å². The second-order valence-electron chi connectivity index (χ2n) is 5.00. The number of aromatic nitrogens is 1. The third-order valence-corrected chi connectivity index (χ3v) is 5.69. The van der Waals surface area contributed by atoms with Crippen molar-refractivity contribution >= 4 is 26.6 Å². The third kappa shape index (κ3) is 2.07.